The molecule has 92 valence electrons. The first-order valence-corrected chi connectivity index (χ1v) is 5.51. The van der Waals surface area contributed by atoms with E-state index in [9.17, 15) is 14.9 Å². The second-order valence-corrected chi connectivity index (χ2v) is 4.04. The van der Waals surface area contributed by atoms with Gasteiger partial charge in [-0.1, -0.05) is 13.0 Å². The highest BCUT2D eigenvalue weighted by atomic mass is 16.6. The zero-order valence-electron chi connectivity index (χ0n) is 10.2. The average Bonchev–Trinajstić information content (AvgIpc) is 2.28. The number of nitro groups is 1. The van der Waals surface area contributed by atoms with Gasteiger partial charge in [0.2, 0.25) is 0 Å². The van der Waals surface area contributed by atoms with Gasteiger partial charge in [0.25, 0.3) is 11.6 Å². The summed E-state index contributed by atoms with van der Waals surface area (Å²) < 4.78 is 0. The topological polar surface area (TPSA) is 72.2 Å². The molecule has 0 unspecified atom stereocenters. The van der Waals surface area contributed by atoms with E-state index < -0.39 is 4.92 Å². The fourth-order valence-electron chi connectivity index (χ4n) is 1.36. The van der Waals surface area contributed by atoms with Crippen LogP contribution in [0.15, 0.2) is 18.2 Å². The summed E-state index contributed by atoms with van der Waals surface area (Å²) >= 11 is 0. The number of carbonyl (C=O) groups is 1. The van der Waals surface area contributed by atoms with Crippen molar-refractivity contribution in [1.82, 2.24) is 5.32 Å². The van der Waals surface area contributed by atoms with E-state index in [4.69, 9.17) is 0 Å². The smallest absolute Gasteiger partial charge is 0.273 e. The second-order valence-electron chi connectivity index (χ2n) is 4.04. The molecule has 0 aliphatic heterocycles. The highest BCUT2D eigenvalue weighted by Gasteiger charge is 2.15. The molecule has 1 aromatic carbocycles. The Morgan fingerprint density at radius 1 is 1.53 bits per heavy atom. The van der Waals surface area contributed by atoms with E-state index in [1.807, 2.05) is 13.8 Å². The van der Waals surface area contributed by atoms with E-state index in [-0.39, 0.29) is 17.6 Å². The molecule has 0 fully saturated rings. The third kappa shape index (κ3) is 3.27. The lowest BCUT2D eigenvalue weighted by Gasteiger charge is -2.11. The Hall–Kier alpha value is -1.91. The molecule has 0 aliphatic rings. The zero-order valence-corrected chi connectivity index (χ0v) is 10.2. The molecule has 0 saturated heterocycles. The van der Waals surface area contributed by atoms with Crippen molar-refractivity contribution in [2.45, 2.75) is 33.2 Å². The van der Waals surface area contributed by atoms with Crippen molar-refractivity contribution in [3.63, 3.8) is 0 Å². The van der Waals surface area contributed by atoms with Crippen LogP contribution in [-0.4, -0.2) is 16.9 Å². The quantitative estimate of drug-likeness (QED) is 0.644. The molecule has 17 heavy (non-hydrogen) atoms. The molecule has 5 heteroatoms. The number of aryl methyl sites for hydroxylation is 1. The molecule has 0 aromatic heterocycles. The summed E-state index contributed by atoms with van der Waals surface area (Å²) in [6, 6.07) is 4.55. The van der Waals surface area contributed by atoms with Gasteiger partial charge in [-0.25, -0.2) is 0 Å². The summed E-state index contributed by atoms with van der Waals surface area (Å²) in [4.78, 5) is 22.0. The number of nitro benzene ring substituents is 1. The number of benzene rings is 1. The first kappa shape index (κ1) is 13.2. The van der Waals surface area contributed by atoms with Crippen molar-refractivity contribution in [2.75, 3.05) is 0 Å². The summed E-state index contributed by atoms with van der Waals surface area (Å²) in [6.45, 7) is 5.50. The molecule has 0 radical (unpaired) electrons. The molecule has 1 atom stereocenters. The maximum absolute atomic E-state index is 11.8. The van der Waals surface area contributed by atoms with Gasteiger partial charge in [0.15, 0.2) is 0 Å². The van der Waals surface area contributed by atoms with E-state index in [0.717, 1.165) is 6.42 Å². The SMILES string of the molecule is CC[C@H](C)NC(=O)c1ccc(C)c([N+](=O)[O-])c1. The summed E-state index contributed by atoms with van der Waals surface area (Å²) in [6.07, 6.45) is 0.819. The number of rotatable bonds is 4. The number of hydrogen-bond acceptors (Lipinski definition) is 3. The maximum Gasteiger partial charge on any atom is 0.273 e. The lowest BCUT2D eigenvalue weighted by molar-refractivity contribution is -0.385. The molecule has 0 bridgehead atoms. The molecule has 0 spiro atoms. The van der Waals surface area contributed by atoms with Crippen molar-refractivity contribution in [2.24, 2.45) is 0 Å². The van der Waals surface area contributed by atoms with E-state index in [2.05, 4.69) is 5.32 Å². The lowest BCUT2D eigenvalue weighted by atomic mass is 10.1. The molecule has 0 aliphatic carbocycles. The van der Waals surface area contributed by atoms with Gasteiger partial charge in [0.1, 0.15) is 0 Å². The molecule has 1 aromatic rings. The van der Waals surface area contributed by atoms with Crippen LogP contribution in [0.25, 0.3) is 0 Å². The first-order chi connectivity index (χ1) is 7.95. The van der Waals surface area contributed by atoms with E-state index in [1.165, 1.54) is 6.07 Å². The molecule has 0 heterocycles. The fraction of sp³-hybridized carbons (Fsp3) is 0.417. The highest BCUT2D eigenvalue weighted by molar-refractivity contribution is 5.95. The van der Waals surface area contributed by atoms with Gasteiger partial charge in [-0.3, -0.25) is 14.9 Å². The predicted octanol–water partition coefficient (Wildman–Crippen LogP) is 2.43. The van der Waals surface area contributed by atoms with Crippen LogP contribution in [0.1, 0.15) is 36.2 Å². The van der Waals surface area contributed by atoms with Gasteiger partial charge in [-0.2, -0.15) is 0 Å². The van der Waals surface area contributed by atoms with Crippen LogP contribution in [0.4, 0.5) is 5.69 Å². The minimum atomic E-state index is -0.477. The largest absolute Gasteiger partial charge is 0.350 e. The number of nitrogens with one attached hydrogen (secondary N) is 1. The molecule has 1 rings (SSSR count). The molecule has 5 nitrogen and oxygen atoms in total. The number of nitrogens with zero attached hydrogens (tertiary/aromatic N) is 1. The Balaban J connectivity index is 2.96. The van der Waals surface area contributed by atoms with Gasteiger partial charge in [0, 0.05) is 23.2 Å². The van der Waals surface area contributed by atoms with Crippen LogP contribution in [0.3, 0.4) is 0 Å². The van der Waals surface area contributed by atoms with Crippen molar-refractivity contribution in [3.05, 3.63) is 39.4 Å². The monoisotopic (exact) mass is 236 g/mol. The Bertz CT molecular complexity index is 443. The van der Waals surface area contributed by atoms with Gasteiger partial charge in [-0.05, 0) is 26.3 Å². The lowest BCUT2D eigenvalue weighted by Crippen LogP contribution is -2.31. The third-order valence-electron chi connectivity index (χ3n) is 2.66. The van der Waals surface area contributed by atoms with Crippen LogP contribution < -0.4 is 5.32 Å². The van der Waals surface area contributed by atoms with Crippen LogP contribution in [0, 0.1) is 17.0 Å². The van der Waals surface area contributed by atoms with Crippen molar-refractivity contribution < 1.29 is 9.72 Å². The number of carbonyl (C=O) groups excluding carboxylic acids is 1. The maximum atomic E-state index is 11.8. The van der Waals surface area contributed by atoms with Crippen LogP contribution in [0.2, 0.25) is 0 Å². The molecular formula is C12H16N2O3. The number of amides is 1. The first-order valence-electron chi connectivity index (χ1n) is 5.51. The third-order valence-corrected chi connectivity index (χ3v) is 2.66. The summed E-state index contributed by atoms with van der Waals surface area (Å²) in [5.74, 6) is -0.276. The normalized spacial score (nSPS) is 11.9. The summed E-state index contributed by atoms with van der Waals surface area (Å²) in [5, 5.41) is 13.5. The molecular weight excluding hydrogens is 220 g/mol. The summed E-state index contributed by atoms with van der Waals surface area (Å²) in [7, 11) is 0. The predicted molar refractivity (Wildman–Crippen MR) is 65.1 cm³/mol. The van der Waals surface area contributed by atoms with Crippen LogP contribution in [0.5, 0.6) is 0 Å². The molecule has 1 N–H and O–H groups in total. The zero-order chi connectivity index (χ0) is 13.0. The molecule has 1 amide bonds. The van der Waals surface area contributed by atoms with Crippen LogP contribution in [-0.2, 0) is 0 Å². The second kappa shape index (κ2) is 5.43. The Morgan fingerprint density at radius 3 is 2.71 bits per heavy atom. The van der Waals surface area contributed by atoms with E-state index in [0.29, 0.717) is 11.1 Å². The Morgan fingerprint density at radius 2 is 2.18 bits per heavy atom. The molecule has 0 saturated carbocycles. The van der Waals surface area contributed by atoms with Gasteiger partial charge in [0.05, 0.1) is 4.92 Å². The van der Waals surface area contributed by atoms with E-state index >= 15 is 0 Å². The Labute approximate surface area is 100.0 Å². The fourth-order valence-corrected chi connectivity index (χ4v) is 1.36. The van der Waals surface area contributed by atoms with Crippen molar-refractivity contribution >= 4 is 11.6 Å². The van der Waals surface area contributed by atoms with Crippen LogP contribution >= 0.6 is 0 Å². The van der Waals surface area contributed by atoms with Gasteiger partial charge >= 0.3 is 0 Å². The van der Waals surface area contributed by atoms with Crippen molar-refractivity contribution in [1.29, 1.82) is 0 Å². The van der Waals surface area contributed by atoms with E-state index in [1.54, 1.807) is 19.1 Å². The minimum Gasteiger partial charge on any atom is -0.350 e. The number of hydrogen-bond donors (Lipinski definition) is 1. The highest BCUT2D eigenvalue weighted by Crippen LogP contribution is 2.19. The standard InChI is InChI=1S/C12H16N2O3/c1-4-9(3)13-12(15)10-6-5-8(2)11(7-10)14(16)17/h5-7,9H,4H2,1-3H3,(H,13,15)/t9-/m0/s1. The van der Waals surface area contributed by atoms with Crippen molar-refractivity contribution in [3.8, 4) is 0 Å². The van der Waals surface area contributed by atoms with Gasteiger partial charge < -0.3 is 5.32 Å². The summed E-state index contributed by atoms with van der Waals surface area (Å²) in [5.41, 5.74) is 0.847. The van der Waals surface area contributed by atoms with Gasteiger partial charge in [-0.15, -0.1) is 0 Å². The minimum absolute atomic E-state index is 0.0261. The Kier molecular flexibility index (Phi) is 4.20. The average molecular weight is 236 g/mol.